The van der Waals surface area contributed by atoms with Crippen LogP contribution in [0.2, 0.25) is 0 Å². The van der Waals surface area contributed by atoms with Crippen LogP contribution in [0.5, 0.6) is 5.75 Å². The average Bonchev–Trinajstić information content (AvgIpc) is 2.61. The summed E-state index contributed by atoms with van der Waals surface area (Å²) in [5.74, 6) is -0.284. The Morgan fingerprint density at radius 2 is 1.92 bits per heavy atom. The molecule has 0 fully saturated rings. The summed E-state index contributed by atoms with van der Waals surface area (Å²) in [5.41, 5.74) is 1.89. The number of anilines is 1. The second-order valence-electron chi connectivity index (χ2n) is 5.90. The van der Waals surface area contributed by atoms with Gasteiger partial charge < -0.3 is 9.47 Å². The van der Waals surface area contributed by atoms with Crippen molar-refractivity contribution in [3.63, 3.8) is 0 Å². The first-order valence-corrected chi connectivity index (χ1v) is 9.22. The third-order valence-corrected chi connectivity index (χ3v) is 6.03. The number of aryl methyl sites for hydroxylation is 2. The van der Waals surface area contributed by atoms with Crippen LogP contribution in [0.1, 0.15) is 11.1 Å². The highest BCUT2D eigenvalue weighted by Gasteiger charge is 2.38. The Bertz CT molecular complexity index is 923. The van der Waals surface area contributed by atoms with Gasteiger partial charge in [0.05, 0.1) is 24.2 Å². The topological polar surface area (TPSA) is 72.9 Å². The van der Waals surface area contributed by atoms with E-state index in [1.165, 1.54) is 11.4 Å². The molecule has 1 aliphatic rings. The molecule has 0 aliphatic carbocycles. The lowest BCUT2D eigenvalue weighted by Gasteiger charge is -2.34. The van der Waals surface area contributed by atoms with Crippen molar-refractivity contribution in [1.82, 2.24) is 0 Å². The number of benzene rings is 2. The molecule has 0 unspecified atom stereocenters. The number of esters is 1. The minimum Gasteiger partial charge on any atom is -0.475 e. The van der Waals surface area contributed by atoms with E-state index >= 15 is 0 Å². The molecule has 0 bridgehead atoms. The van der Waals surface area contributed by atoms with Gasteiger partial charge in [0.1, 0.15) is 5.75 Å². The first-order chi connectivity index (χ1) is 11.8. The molecule has 6 nitrogen and oxygen atoms in total. The molecule has 1 atom stereocenters. The zero-order valence-electron chi connectivity index (χ0n) is 14.2. The molecule has 0 amide bonds. The van der Waals surface area contributed by atoms with Crippen molar-refractivity contribution in [2.24, 2.45) is 0 Å². The summed E-state index contributed by atoms with van der Waals surface area (Å²) in [6.45, 7) is 3.44. The van der Waals surface area contributed by atoms with Crippen molar-refractivity contribution >= 4 is 21.7 Å². The van der Waals surface area contributed by atoms with Crippen molar-refractivity contribution in [3.05, 3.63) is 53.6 Å². The number of para-hydroxylation sites is 2. The maximum Gasteiger partial charge on any atom is 0.348 e. The van der Waals surface area contributed by atoms with Crippen LogP contribution < -0.4 is 9.04 Å². The number of carbonyl (C=O) groups excluding carboxylic acids is 1. The fourth-order valence-corrected chi connectivity index (χ4v) is 4.58. The average molecular weight is 361 g/mol. The zero-order chi connectivity index (χ0) is 18.2. The smallest absolute Gasteiger partial charge is 0.348 e. The fourth-order valence-electron chi connectivity index (χ4n) is 2.79. The Hall–Kier alpha value is -2.54. The number of hydrogen-bond donors (Lipinski definition) is 0. The molecule has 0 saturated carbocycles. The van der Waals surface area contributed by atoms with Crippen LogP contribution in [0.15, 0.2) is 47.4 Å². The molecule has 2 aromatic carbocycles. The second-order valence-corrected chi connectivity index (χ2v) is 7.73. The summed E-state index contributed by atoms with van der Waals surface area (Å²) in [6, 6.07) is 12.0. The Balaban J connectivity index is 2.13. The molecule has 132 valence electrons. The molecule has 1 aliphatic heterocycles. The quantitative estimate of drug-likeness (QED) is 0.785. The van der Waals surface area contributed by atoms with E-state index in [4.69, 9.17) is 9.47 Å². The van der Waals surface area contributed by atoms with Crippen molar-refractivity contribution in [1.29, 1.82) is 0 Å². The van der Waals surface area contributed by atoms with Gasteiger partial charge in [0, 0.05) is 0 Å². The summed E-state index contributed by atoms with van der Waals surface area (Å²) >= 11 is 0. The second kappa shape index (κ2) is 6.40. The van der Waals surface area contributed by atoms with E-state index in [2.05, 4.69) is 0 Å². The number of rotatable bonds is 3. The molecule has 7 heteroatoms. The van der Waals surface area contributed by atoms with Gasteiger partial charge >= 0.3 is 5.97 Å². The number of ether oxygens (including phenoxy) is 2. The van der Waals surface area contributed by atoms with E-state index in [0.717, 1.165) is 5.56 Å². The maximum atomic E-state index is 13.3. The van der Waals surface area contributed by atoms with Gasteiger partial charge in [0.2, 0.25) is 6.10 Å². The molecule has 1 heterocycles. The van der Waals surface area contributed by atoms with Crippen LogP contribution in [0.25, 0.3) is 0 Å². The molecule has 0 saturated heterocycles. The van der Waals surface area contributed by atoms with E-state index in [1.54, 1.807) is 43.3 Å². The maximum absolute atomic E-state index is 13.3. The SMILES string of the molecule is COC(=O)[C@@H]1CN(S(=O)(=O)c2cc(C)ccc2C)c2ccccc2O1. The molecule has 2 aromatic rings. The number of hydrogen-bond acceptors (Lipinski definition) is 5. The highest BCUT2D eigenvalue weighted by molar-refractivity contribution is 7.92. The lowest BCUT2D eigenvalue weighted by Crippen LogP contribution is -2.47. The van der Waals surface area contributed by atoms with Crippen LogP contribution in [-0.4, -0.2) is 34.1 Å². The summed E-state index contributed by atoms with van der Waals surface area (Å²) < 4.78 is 38.2. The number of fused-ring (bicyclic) bond motifs is 1. The van der Waals surface area contributed by atoms with Gasteiger partial charge in [-0.2, -0.15) is 0 Å². The van der Waals surface area contributed by atoms with Gasteiger partial charge in [-0.05, 0) is 43.2 Å². The number of carbonyl (C=O) groups is 1. The van der Waals surface area contributed by atoms with E-state index in [0.29, 0.717) is 17.0 Å². The van der Waals surface area contributed by atoms with Crippen molar-refractivity contribution in [2.45, 2.75) is 24.8 Å². The molecule has 0 spiro atoms. The number of sulfonamides is 1. The molecular formula is C18H19NO5S. The van der Waals surface area contributed by atoms with Gasteiger partial charge in [0.15, 0.2) is 0 Å². The van der Waals surface area contributed by atoms with Crippen LogP contribution in [0, 0.1) is 13.8 Å². The van der Waals surface area contributed by atoms with Gasteiger partial charge in [-0.3, -0.25) is 4.31 Å². The highest BCUT2D eigenvalue weighted by Crippen LogP contribution is 2.37. The zero-order valence-corrected chi connectivity index (χ0v) is 15.0. The van der Waals surface area contributed by atoms with Crippen LogP contribution in [0.3, 0.4) is 0 Å². The molecule has 25 heavy (non-hydrogen) atoms. The van der Waals surface area contributed by atoms with Crippen LogP contribution in [-0.2, 0) is 19.6 Å². The van der Waals surface area contributed by atoms with E-state index < -0.39 is 22.1 Å². The predicted molar refractivity (Wildman–Crippen MR) is 93.3 cm³/mol. The van der Waals surface area contributed by atoms with Crippen LogP contribution in [0.4, 0.5) is 5.69 Å². The van der Waals surface area contributed by atoms with Crippen molar-refractivity contribution < 1.29 is 22.7 Å². The fraction of sp³-hybridized carbons (Fsp3) is 0.278. The minimum atomic E-state index is -3.86. The van der Waals surface area contributed by atoms with Gasteiger partial charge in [0.25, 0.3) is 10.0 Å². The lowest BCUT2D eigenvalue weighted by molar-refractivity contribution is -0.148. The van der Waals surface area contributed by atoms with E-state index in [-0.39, 0.29) is 11.4 Å². The van der Waals surface area contributed by atoms with Gasteiger partial charge in [-0.1, -0.05) is 24.3 Å². The monoisotopic (exact) mass is 361 g/mol. The number of nitrogens with zero attached hydrogens (tertiary/aromatic N) is 1. The molecule has 0 radical (unpaired) electrons. The third kappa shape index (κ3) is 3.07. The molecule has 3 rings (SSSR count). The summed E-state index contributed by atoms with van der Waals surface area (Å²) in [6.07, 6.45) is -1.01. The molecule has 0 aromatic heterocycles. The lowest BCUT2D eigenvalue weighted by atomic mass is 10.2. The standard InChI is InChI=1S/C18H19NO5S/c1-12-8-9-13(2)17(10-12)25(21,22)19-11-16(18(20)23-3)24-15-7-5-4-6-14(15)19/h4-10,16H,11H2,1-3H3/t16-/m0/s1. The predicted octanol–water partition coefficient (Wildman–Crippen LogP) is 2.43. The third-order valence-electron chi connectivity index (χ3n) is 4.11. The largest absolute Gasteiger partial charge is 0.475 e. The summed E-state index contributed by atoms with van der Waals surface area (Å²) in [7, 11) is -2.61. The summed E-state index contributed by atoms with van der Waals surface area (Å²) in [4.78, 5) is 12.2. The van der Waals surface area contributed by atoms with E-state index in [1.807, 2.05) is 13.0 Å². The first kappa shape index (κ1) is 17.3. The van der Waals surface area contributed by atoms with Crippen molar-refractivity contribution in [2.75, 3.05) is 18.0 Å². The highest BCUT2D eigenvalue weighted by atomic mass is 32.2. The Morgan fingerprint density at radius 1 is 1.20 bits per heavy atom. The van der Waals surface area contributed by atoms with E-state index in [9.17, 15) is 13.2 Å². The molecular weight excluding hydrogens is 342 g/mol. The van der Waals surface area contributed by atoms with Crippen LogP contribution >= 0.6 is 0 Å². The number of methoxy groups -OCH3 is 1. The summed E-state index contributed by atoms with van der Waals surface area (Å²) in [5, 5.41) is 0. The van der Waals surface area contributed by atoms with Crippen molar-refractivity contribution in [3.8, 4) is 5.75 Å². The minimum absolute atomic E-state index is 0.139. The first-order valence-electron chi connectivity index (χ1n) is 7.78. The molecule has 0 N–H and O–H groups in total. The Labute approximate surface area is 147 Å². The van der Waals surface area contributed by atoms with Gasteiger partial charge in [-0.25, -0.2) is 13.2 Å². The Morgan fingerprint density at radius 3 is 2.64 bits per heavy atom. The Kier molecular flexibility index (Phi) is 4.43. The van der Waals surface area contributed by atoms with Gasteiger partial charge in [-0.15, -0.1) is 0 Å². The normalized spacial score (nSPS) is 16.8.